The number of aliphatic hydroxyl groups is 1. The van der Waals surface area contributed by atoms with Crippen LogP contribution in [0.4, 0.5) is 0 Å². The molecule has 1 heterocycles. The number of aryl methyl sites for hydroxylation is 2. The van der Waals surface area contributed by atoms with E-state index in [1.807, 2.05) is 0 Å². The maximum Gasteiger partial charge on any atom is 0.0917 e. The third-order valence-electron chi connectivity index (χ3n) is 5.27. The summed E-state index contributed by atoms with van der Waals surface area (Å²) in [6.45, 7) is 5.37. The van der Waals surface area contributed by atoms with Crippen molar-refractivity contribution >= 4 is 0 Å². The molecule has 2 heteroatoms. The van der Waals surface area contributed by atoms with Crippen molar-refractivity contribution < 1.29 is 5.11 Å². The van der Waals surface area contributed by atoms with Crippen molar-refractivity contribution in [3.8, 4) is 0 Å². The Bertz CT molecular complexity index is 460. The number of hydrogen-bond donors (Lipinski definition) is 1. The Hall–Kier alpha value is -0.860. The standard InChI is InChI=1S/C18H27NO/c1-13-5-3-6-14(2)19(13)12-18(20)17-10-9-15-7-4-8-16(15)11-17/h9-11,13-14,18,20H,3-8,12H2,1-2H3. The molecule has 1 aromatic carbocycles. The number of likely N-dealkylation sites (tertiary alicyclic amines) is 1. The molecular formula is C18H27NO. The van der Waals surface area contributed by atoms with Crippen LogP contribution in [0.1, 0.15) is 62.3 Å². The number of aliphatic hydroxyl groups excluding tert-OH is 1. The van der Waals surface area contributed by atoms with Crippen molar-refractivity contribution in [1.82, 2.24) is 4.90 Å². The second-order valence-electron chi connectivity index (χ2n) is 6.72. The molecule has 0 amide bonds. The molecule has 2 nitrogen and oxygen atoms in total. The normalized spacial score (nSPS) is 28.4. The van der Waals surface area contributed by atoms with Crippen LogP contribution in [0, 0.1) is 0 Å². The van der Waals surface area contributed by atoms with Crippen LogP contribution in [0.25, 0.3) is 0 Å². The highest BCUT2D eigenvalue weighted by Gasteiger charge is 2.27. The van der Waals surface area contributed by atoms with Crippen LogP contribution in [0.5, 0.6) is 0 Å². The second-order valence-corrected chi connectivity index (χ2v) is 6.72. The number of β-amino-alcohol motifs (C(OH)–C–C–N with tert-alkyl or cyclic N) is 1. The van der Waals surface area contributed by atoms with Gasteiger partial charge in [0.15, 0.2) is 0 Å². The van der Waals surface area contributed by atoms with Crippen molar-refractivity contribution in [3.63, 3.8) is 0 Å². The van der Waals surface area contributed by atoms with Gasteiger partial charge >= 0.3 is 0 Å². The predicted molar refractivity (Wildman–Crippen MR) is 82.9 cm³/mol. The second kappa shape index (κ2) is 5.87. The van der Waals surface area contributed by atoms with Gasteiger partial charge in [-0.05, 0) is 62.6 Å². The van der Waals surface area contributed by atoms with Crippen molar-refractivity contribution in [2.24, 2.45) is 0 Å². The van der Waals surface area contributed by atoms with Gasteiger partial charge in [-0.2, -0.15) is 0 Å². The summed E-state index contributed by atoms with van der Waals surface area (Å²) in [5, 5.41) is 10.6. The number of benzene rings is 1. The smallest absolute Gasteiger partial charge is 0.0917 e. The zero-order valence-electron chi connectivity index (χ0n) is 12.8. The largest absolute Gasteiger partial charge is 0.387 e. The van der Waals surface area contributed by atoms with Crippen LogP contribution in [0.3, 0.4) is 0 Å². The molecule has 0 spiro atoms. The first-order valence-electron chi connectivity index (χ1n) is 8.20. The van der Waals surface area contributed by atoms with Crippen LogP contribution in [-0.4, -0.2) is 28.6 Å². The van der Waals surface area contributed by atoms with E-state index in [1.54, 1.807) is 0 Å². The summed E-state index contributed by atoms with van der Waals surface area (Å²) in [6, 6.07) is 7.80. The van der Waals surface area contributed by atoms with Gasteiger partial charge in [0.1, 0.15) is 0 Å². The van der Waals surface area contributed by atoms with Crippen molar-refractivity contribution in [1.29, 1.82) is 0 Å². The maximum absolute atomic E-state index is 10.6. The molecule has 3 rings (SSSR count). The van der Waals surface area contributed by atoms with Crippen molar-refractivity contribution in [2.45, 2.75) is 70.6 Å². The summed E-state index contributed by atoms with van der Waals surface area (Å²) < 4.78 is 0. The van der Waals surface area contributed by atoms with Gasteiger partial charge in [-0.3, -0.25) is 4.90 Å². The van der Waals surface area contributed by atoms with E-state index in [1.165, 1.54) is 49.7 Å². The molecule has 1 aliphatic heterocycles. The van der Waals surface area contributed by atoms with Gasteiger partial charge in [0.25, 0.3) is 0 Å². The zero-order valence-corrected chi connectivity index (χ0v) is 12.8. The lowest BCUT2D eigenvalue weighted by Gasteiger charge is -2.40. The van der Waals surface area contributed by atoms with Crippen molar-refractivity contribution in [3.05, 3.63) is 34.9 Å². The summed E-state index contributed by atoms with van der Waals surface area (Å²) in [4.78, 5) is 2.49. The van der Waals surface area contributed by atoms with E-state index in [-0.39, 0.29) is 6.10 Å². The molecule has 3 atom stereocenters. The predicted octanol–water partition coefficient (Wildman–Crippen LogP) is 3.47. The van der Waals surface area contributed by atoms with Gasteiger partial charge in [0.05, 0.1) is 6.10 Å². The maximum atomic E-state index is 10.6. The Kier molecular flexibility index (Phi) is 4.13. The topological polar surface area (TPSA) is 23.5 Å². The summed E-state index contributed by atoms with van der Waals surface area (Å²) in [7, 11) is 0. The van der Waals surface area contributed by atoms with Crippen LogP contribution in [0.2, 0.25) is 0 Å². The molecule has 1 saturated heterocycles. The average Bonchev–Trinajstić information content (AvgIpc) is 2.90. The van der Waals surface area contributed by atoms with E-state index in [9.17, 15) is 5.11 Å². The molecule has 3 unspecified atom stereocenters. The number of rotatable bonds is 3. The molecule has 2 aliphatic rings. The number of nitrogens with zero attached hydrogens (tertiary/aromatic N) is 1. The fourth-order valence-corrected chi connectivity index (χ4v) is 3.94. The molecule has 1 aromatic rings. The fraction of sp³-hybridized carbons (Fsp3) is 0.667. The first kappa shape index (κ1) is 14.1. The van der Waals surface area contributed by atoms with Crippen LogP contribution in [-0.2, 0) is 12.8 Å². The Balaban J connectivity index is 1.70. The molecule has 20 heavy (non-hydrogen) atoms. The van der Waals surface area contributed by atoms with Gasteiger partial charge < -0.3 is 5.11 Å². The highest BCUT2D eigenvalue weighted by atomic mass is 16.3. The van der Waals surface area contributed by atoms with Gasteiger partial charge in [-0.1, -0.05) is 24.6 Å². The summed E-state index contributed by atoms with van der Waals surface area (Å²) >= 11 is 0. The van der Waals surface area contributed by atoms with Gasteiger partial charge in [-0.25, -0.2) is 0 Å². The van der Waals surface area contributed by atoms with Crippen LogP contribution < -0.4 is 0 Å². The van der Waals surface area contributed by atoms with Crippen LogP contribution in [0.15, 0.2) is 18.2 Å². The molecule has 0 aromatic heterocycles. The monoisotopic (exact) mass is 273 g/mol. The summed E-state index contributed by atoms with van der Waals surface area (Å²) in [5.41, 5.74) is 4.05. The number of piperidine rings is 1. The molecule has 1 fully saturated rings. The Morgan fingerprint density at radius 1 is 1.10 bits per heavy atom. The lowest BCUT2D eigenvalue weighted by Crippen LogP contribution is -2.45. The molecular weight excluding hydrogens is 246 g/mol. The van der Waals surface area contributed by atoms with E-state index in [4.69, 9.17) is 0 Å². The SMILES string of the molecule is CC1CCCC(C)N1CC(O)c1ccc2c(c1)CCC2. The van der Waals surface area contributed by atoms with Crippen molar-refractivity contribution in [2.75, 3.05) is 6.54 Å². The van der Waals surface area contributed by atoms with E-state index < -0.39 is 0 Å². The van der Waals surface area contributed by atoms with Gasteiger partial charge in [0, 0.05) is 18.6 Å². The minimum absolute atomic E-state index is 0.344. The van der Waals surface area contributed by atoms with E-state index >= 15 is 0 Å². The summed E-state index contributed by atoms with van der Waals surface area (Å²) in [6.07, 6.45) is 7.19. The molecule has 1 aliphatic carbocycles. The summed E-state index contributed by atoms with van der Waals surface area (Å²) in [5.74, 6) is 0. The van der Waals surface area contributed by atoms with E-state index in [0.29, 0.717) is 12.1 Å². The van der Waals surface area contributed by atoms with E-state index in [0.717, 1.165) is 12.1 Å². The average molecular weight is 273 g/mol. The lowest BCUT2D eigenvalue weighted by molar-refractivity contribution is 0.0411. The molecule has 0 radical (unpaired) electrons. The Morgan fingerprint density at radius 3 is 2.55 bits per heavy atom. The molecule has 110 valence electrons. The fourth-order valence-electron chi connectivity index (χ4n) is 3.94. The highest BCUT2D eigenvalue weighted by molar-refractivity contribution is 5.36. The van der Waals surface area contributed by atoms with Gasteiger partial charge in [-0.15, -0.1) is 0 Å². The third kappa shape index (κ3) is 2.77. The van der Waals surface area contributed by atoms with Crippen LogP contribution >= 0.6 is 0 Å². The minimum atomic E-state index is -0.344. The van der Waals surface area contributed by atoms with E-state index in [2.05, 4.69) is 36.9 Å². The number of hydrogen-bond acceptors (Lipinski definition) is 2. The quantitative estimate of drug-likeness (QED) is 0.911. The molecule has 0 saturated carbocycles. The first-order chi connectivity index (χ1) is 9.65. The number of fused-ring (bicyclic) bond motifs is 1. The lowest BCUT2D eigenvalue weighted by atomic mass is 9.95. The molecule has 1 N–H and O–H groups in total. The first-order valence-corrected chi connectivity index (χ1v) is 8.20. The zero-order chi connectivity index (χ0) is 14.1. The highest BCUT2D eigenvalue weighted by Crippen LogP contribution is 2.28. The molecule has 0 bridgehead atoms. The Morgan fingerprint density at radius 2 is 1.80 bits per heavy atom. The minimum Gasteiger partial charge on any atom is -0.387 e. The van der Waals surface area contributed by atoms with Gasteiger partial charge in [0.2, 0.25) is 0 Å². The third-order valence-corrected chi connectivity index (χ3v) is 5.27. The Labute approximate surface area is 122 Å².